The quantitative estimate of drug-likeness (QED) is 0.804. The summed E-state index contributed by atoms with van der Waals surface area (Å²) in [7, 11) is 0. The van der Waals surface area contributed by atoms with Crippen LogP contribution >= 0.6 is 0 Å². The number of anilines is 1. The number of ether oxygens (including phenoxy) is 2. The third-order valence-corrected chi connectivity index (χ3v) is 4.46. The van der Waals surface area contributed by atoms with Crippen molar-refractivity contribution in [2.75, 3.05) is 11.4 Å². The smallest absolute Gasteiger partial charge is 0.326 e. The van der Waals surface area contributed by atoms with Gasteiger partial charge in [0.05, 0.1) is 5.69 Å². The molecule has 1 atom stereocenters. The summed E-state index contributed by atoms with van der Waals surface area (Å²) >= 11 is 0. The predicted octanol–water partition coefficient (Wildman–Crippen LogP) is 2.98. The van der Waals surface area contributed by atoms with Crippen LogP contribution in [0.4, 0.5) is 5.69 Å². The summed E-state index contributed by atoms with van der Waals surface area (Å²) in [6.45, 7) is 3.59. The van der Waals surface area contributed by atoms with E-state index in [9.17, 15) is 9.59 Å². The SMILES string of the molecule is Cc1ccc2c(c1)N(CC(=O)OC1CCCCC1)C(=O)[C@H](C)O2. The van der Waals surface area contributed by atoms with Crippen molar-refractivity contribution in [1.29, 1.82) is 0 Å². The highest BCUT2D eigenvalue weighted by atomic mass is 16.5. The number of nitrogens with zero attached hydrogens (tertiary/aromatic N) is 1. The molecular formula is C18H23NO4. The molecule has 1 aromatic carbocycles. The van der Waals surface area contributed by atoms with Crippen LogP contribution in [0.2, 0.25) is 0 Å². The lowest BCUT2D eigenvalue weighted by Crippen LogP contribution is -2.47. The number of amides is 1. The molecule has 0 radical (unpaired) electrons. The number of aryl methyl sites for hydroxylation is 1. The maximum atomic E-state index is 12.4. The molecule has 1 saturated carbocycles. The van der Waals surface area contributed by atoms with E-state index in [0.29, 0.717) is 11.4 Å². The van der Waals surface area contributed by atoms with E-state index in [-0.39, 0.29) is 24.5 Å². The van der Waals surface area contributed by atoms with E-state index in [2.05, 4.69) is 0 Å². The summed E-state index contributed by atoms with van der Waals surface area (Å²) in [5.41, 5.74) is 1.66. The first-order valence-corrected chi connectivity index (χ1v) is 8.33. The molecule has 3 rings (SSSR count). The van der Waals surface area contributed by atoms with Crippen molar-refractivity contribution in [3.05, 3.63) is 23.8 Å². The molecule has 23 heavy (non-hydrogen) atoms. The van der Waals surface area contributed by atoms with Gasteiger partial charge in [0.2, 0.25) is 0 Å². The van der Waals surface area contributed by atoms with Gasteiger partial charge < -0.3 is 9.47 Å². The Bertz CT molecular complexity index is 607. The van der Waals surface area contributed by atoms with Crippen LogP contribution in [0, 0.1) is 6.92 Å². The largest absolute Gasteiger partial charge is 0.479 e. The lowest BCUT2D eigenvalue weighted by Gasteiger charge is -2.33. The first kappa shape index (κ1) is 15.8. The van der Waals surface area contributed by atoms with Crippen molar-refractivity contribution >= 4 is 17.6 Å². The molecule has 0 unspecified atom stereocenters. The zero-order valence-electron chi connectivity index (χ0n) is 13.7. The molecule has 124 valence electrons. The molecule has 0 bridgehead atoms. The molecule has 0 aromatic heterocycles. The first-order valence-electron chi connectivity index (χ1n) is 8.33. The highest BCUT2D eigenvalue weighted by Gasteiger charge is 2.33. The van der Waals surface area contributed by atoms with Crippen LogP contribution in [0.25, 0.3) is 0 Å². The van der Waals surface area contributed by atoms with E-state index in [1.165, 1.54) is 11.3 Å². The van der Waals surface area contributed by atoms with Gasteiger partial charge in [-0.3, -0.25) is 14.5 Å². The summed E-state index contributed by atoms with van der Waals surface area (Å²) in [6, 6.07) is 5.64. The Kier molecular flexibility index (Phi) is 4.55. The van der Waals surface area contributed by atoms with Crippen LogP contribution in [-0.2, 0) is 14.3 Å². The number of esters is 1. The highest BCUT2D eigenvalue weighted by Crippen LogP contribution is 2.34. The molecule has 5 nitrogen and oxygen atoms in total. The molecule has 1 fully saturated rings. The molecule has 2 aliphatic rings. The second-order valence-electron chi connectivity index (χ2n) is 6.41. The Labute approximate surface area is 136 Å². The Morgan fingerprint density at radius 1 is 1.30 bits per heavy atom. The monoisotopic (exact) mass is 317 g/mol. The Morgan fingerprint density at radius 3 is 2.78 bits per heavy atom. The van der Waals surface area contributed by atoms with Crippen LogP contribution in [-0.4, -0.2) is 30.6 Å². The summed E-state index contributed by atoms with van der Waals surface area (Å²) < 4.78 is 11.2. The maximum Gasteiger partial charge on any atom is 0.326 e. The van der Waals surface area contributed by atoms with E-state index >= 15 is 0 Å². The molecule has 5 heteroatoms. The number of fused-ring (bicyclic) bond motifs is 1. The van der Waals surface area contributed by atoms with Crippen molar-refractivity contribution in [2.24, 2.45) is 0 Å². The van der Waals surface area contributed by atoms with Gasteiger partial charge in [0.1, 0.15) is 18.4 Å². The summed E-state index contributed by atoms with van der Waals surface area (Å²) in [5.74, 6) is 0.0867. The Hall–Kier alpha value is -2.04. The van der Waals surface area contributed by atoms with Gasteiger partial charge in [-0.15, -0.1) is 0 Å². The molecule has 0 saturated heterocycles. The first-order chi connectivity index (χ1) is 11.0. The average molecular weight is 317 g/mol. The molecule has 1 aliphatic heterocycles. The second kappa shape index (κ2) is 6.60. The van der Waals surface area contributed by atoms with Gasteiger partial charge in [0.25, 0.3) is 5.91 Å². The molecule has 1 aliphatic carbocycles. The fourth-order valence-electron chi connectivity index (χ4n) is 3.22. The predicted molar refractivity (Wildman–Crippen MR) is 86.6 cm³/mol. The summed E-state index contributed by atoms with van der Waals surface area (Å²) in [5, 5.41) is 0. The minimum absolute atomic E-state index is 0.00166. The number of hydrogen-bond acceptors (Lipinski definition) is 4. The van der Waals surface area contributed by atoms with Crippen molar-refractivity contribution in [2.45, 2.75) is 58.2 Å². The maximum absolute atomic E-state index is 12.4. The van der Waals surface area contributed by atoms with Crippen LogP contribution < -0.4 is 9.64 Å². The van der Waals surface area contributed by atoms with Crippen LogP contribution in [0.15, 0.2) is 18.2 Å². The van der Waals surface area contributed by atoms with E-state index < -0.39 is 6.10 Å². The summed E-state index contributed by atoms with van der Waals surface area (Å²) in [6.07, 6.45) is 4.68. The normalized spacial score (nSPS) is 21.6. The Balaban J connectivity index is 1.74. The third-order valence-electron chi connectivity index (χ3n) is 4.46. The van der Waals surface area contributed by atoms with Gasteiger partial charge in [0, 0.05) is 0 Å². The highest BCUT2D eigenvalue weighted by molar-refractivity contribution is 6.03. The number of rotatable bonds is 3. The third kappa shape index (κ3) is 3.49. The van der Waals surface area contributed by atoms with Crippen molar-refractivity contribution < 1.29 is 19.1 Å². The molecular weight excluding hydrogens is 294 g/mol. The zero-order valence-corrected chi connectivity index (χ0v) is 13.7. The molecule has 0 spiro atoms. The van der Waals surface area contributed by atoms with Crippen LogP contribution in [0.5, 0.6) is 5.75 Å². The van der Waals surface area contributed by atoms with E-state index in [4.69, 9.17) is 9.47 Å². The minimum Gasteiger partial charge on any atom is -0.479 e. The number of carbonyl (C=O) groups is 2. The standard InChI is InChI=1S/C18H23NO4/c1-12-8-9-16-15(10-12)19(18(21)13(2)22-16)11-17(20)23-14-6-4-3-5-7-14/h8-10,13-14H,3-7,11H2,1-2H3/t13-/m0/s1. The van der Waals surface area contributed by atoms with Crippen molar-refractivity contribution in [1.82, 2.24) is 0 Å². The fraction of sp³-hybridized carbons (Fsp3) is 0.556. The minimum atomic E-state index is -0.590. The van der Waals surface area contributed by atoms with E-state index in [0.717, 1.165) is 31.2 Å². The molecule has 1 aromatic rings. The van der Waals surface area contributed by atoms with Gasteiger partial charge in [-0.2, -0.15) is 0 Å². The average Bonchev–Trinajstić information content (AvgIpc) is 2.53. The lowest BCUT2D eigenvalue weighted by atomic mass is 9.98. The van der Waals surface area contributed by atoms with Crippen molar-refractivity contribution in [3.8, 4) is 5.75 Å². The lowest BCUT2D eigenvalue weighted by molar-refractivity contribution is -0.149. The second-order valence-corrected chi connectivity index (χ2v) is 6.41. The molecule has 0 N–H and O–H groups in total. The van der Waals surface area contributed by atoms with Gasteiger partial charge in [0.15, 0.2) is 6.10 Å². The number of benzene rings is 1. The number of hydrogen-bond donors (Lipinski definition) is 0. The van der Waals surface area contributed by atoms with E-state index in [1.54, 1.807) is 6.92 Å². The van der Waals surface area contributed by atoms with Gasteiger partial charge in [-0.25, -0.2) is 0 Å². The molecule has 1 heterocycles. The zero-order chi connectivity index (χ0) is 16.4. The topological polar surface area (TPSA) is 55.8 Å². The van der Waals surface area contributed by atoms with Crippen LogP contribution in [0.1, 0.15) is 44.6 Å². The van der Waals surface area contributed by atoms with Gasteiger partial charge in [-0.05, 0) is 57.2 Å². The van der Waals surface area contributed by atoms with Crippen molar-refractivity contribution in [3.63, 3.8) is 0 Å². The van der Waals surface area contributed by atoms with Crippen LogP contribution in [0.3, 0.4) is 0 Å². The Morgan fingerprint density at radius 2 is 2.04 bits per heavy atom. The summed E-state index contributed by atoms with van der Waals surface area (Å²) in [4.78, 5) is 26.2. The van der Waals surface area contributed by atoms with Gasteiger partial charge >= 0.3 is 5.97 Å². The molecule has 1 amide bonds. The number of carbonyl (C=O) groups excluding carboxylic acids is 2. The van der Waals surface area contributed by atoms with E-state index in [1.807, 2.05) is 25.1 Å². The fourth-order valence-corrected chi connectivity index (χ4v) is 3.22. The van der Waals surface area contributed by atoms with Gasteiger partial charge in [-0.1, -0.05) is 12.5 Å².